The van der Waals surface area contributed by atoms with E-state index >= 15 is 0 Å². The minimum absolute atomic E-state index is 0.0315. The Labute approximate surface area is 225 Å². The molecule has 5 rings (SSSR count). The summed E-state index contributed by atoms with van der Waals surface area (Å²) in [6.45, 7) is 3.04. The zero-order chi connectivity index (χ0) is 27.7. The van der Waals surface area contributed by atoms with E-state index in [4.69, 9.17) is 5.73 Å². The number of benzene rings is 3. The van der Waals surface area contributed by atoms with E-state index in [0.29, 0.717) is 41.2 Å². The molecule has 0 spiro atoms. The molecule has 0 saturated carbocycles. The van der Waals surface area contributed by atoms with E-state index in [0.717, 1.165) is 28.4 Å². The van der Waals surface area contributed by atoms with Crippen molar-refractivity contribution in [3.8, 4) is 16.8 Å². The van der Waals surface area contributed by atoms with Crippen LogP contribution in [0.1, 0.15) is 11.1 Å². The third-order valence-corrected chi connectivity index (χ3v) is 8.54. The quantitative estimate of drug-likeness (QED) is 0.367. The number of anilines is 2. The number of aryl methyl sites for hydroxylation is 1. The van der Waals surface area contributed by atoms with Crippen molar-refractivity contribution in [3.63, 3.8) is 0 Å². The third kappa shape index (κ3) is 5.69. The summed E-state index contributed by atoms with van der Waals surface area (Å²) in [6, 6.07) is 16.9. The Morgan fingerprint density at radius 3 is 2.13 bits per heavy atom. The van der Waals surface area contributed by atoms with Crippen LogP contribution < -0.4 is 16.2 Å². The molecule has 0 bridgehead atoms. The summed E-state index contributed by atoms with van der Waals surface area (Å²) >= 11 is 0. The van der Waals surface area contributed by atoms with Gasteiger partial charge in [0.2, 0.25) is 10.0 Å². The highest BCUT2D eigenvalue weighted by atomic mass is 32.2. The Kier molecular flexibility index (Phi) is 7.19. The van der Waals surface area contributed by atoms with Gasteiger partial charge in [-0.1, -0.05) is 42.0 Å². The predicted octanol–water partition coefficient (Wildman–Crippen LogP) is 3.72. The second kappa shape index (κ2) is 10.6. The summed E-state index contributed by atoms with van der Waals surface area (Å²) in [7, 11) is -3.57. The normalized spacial score (nSPS) is 14.5. The first-order chi connectivity index (χ1) is 18.6. The minimum Gasteiger partial charge on any atom is -0.399 e. The van der Waals surface area contributed by atoms with Crippen LogP contribution in [0.3, 0.4) is 0 Å². The summed E-state index contributed by atoms with van der Waals surface area (Å²) < 4.78 is 56.4. The zero-order valence-electron chi connectivity index (χ0n) is 21.2. The highest BCUT2D eigenvalue weighted by Gasteiger charge is 2.29. The van der Waals surface area contributed by atoms with Crippen molar-refractivity contribution in [2.24, 2.45) is 0 Å². The molecule has 1 saturated heterocycles. The average molecular weight is 552 g/mol. The molecule has 0 amide bonds. The number of hydrogen-bond acceptors (Lipinski definition) is 6. The van der Waals surface area contributed by atoms with Gasteiger partial charge in [-0.25, -0.2) is 17.2 Å². The van der Waals surface area contributed by atoms with E-state index in [2.05, 4.69) is 5.10 Å². The first-order valence-corrected chi connectivity index (χ1v) is 13.9. The van der Waals surface area contributed by atoms with Crippen molar-refractivity contribution in [1.82, 2.24) is 14.1 Å². The maximum atomic E-state index is 13.9. The number of aromatic nitrogens is 2. The molecule has 1 fully saturated rings. The van der Waals surface area contributed by atoms with Crippen molar-refractivity contribution in [2.75, 3.05) is 36.8 Å². The number of hydrogen-bond donors (Lipinski definition) is 1. The fourth-order valence-corrected chi connectivity index (χ4v) is 6.16. The number of nitrogen functional groups attached to an aromatic ring is 1. The highest BCUT2D eigenvalue weighted by molar-refractivity contribution is 7.88. The van der Waals surface area contributed by atoms with Gasteiger partial charge in [0.25, 0.3) is 5.56 Å². The van der Waals surface area contributed by atoms with Gasteiger partial charge in [0.05, 0.1) is 28.9 Å². The van der Waals surface area contributed by atoms with E-state index in [9.17, 15) is 22.0 Å². The van der Waals surface area contributed by atoms with E-state index in [1.165, 1.54) is 10.5 Å². The zero-order valence-corrected chi connectivity index (χ0v) is 22.0. The van der Waals surface area contributed by atoms with Crippen LogP contribution in [0.25, 0.3) is 16.8 Å². The maximum absolute atomic E-state index is 13.9. The maximum Gasteiger partial charge on any atom is 0.281 e. The second-order valence-electron chi connectivity index (χ2n) is 9.50. The van der Waals surface area contributed by atoms with Crippen LogP contribution >= 0.6 is 0 Å². The SMILES string of the molecule is Cc1ccc(-c2c(N3CCN(S(=O)(=O)Cc4ccc(N)cc4)CC3)cnn(-c3cc(F)cc(F)c3)c2=O)cc1. The minimum atomic E-state index is -3.57. The lowest BCUT2D eigenvalue weighted by atomic mass is 10.0. The fraction of sp³-hybridized carbons (Fsp3) is 0.214. The molecule has 4 aromatic rings. The Morgan fingerprint density at radius 2 is 1.51 bits per heavy atom. The largest absolute Gasteiger partial charge is 0.399 e. The van der Waals surface area contributed by atoms with Gasteiger partial charge in [-0.3, -0.25) is 4.79 Å². The average Bonchev–Trinajstić information content (AvgIpc) is 2.90. The fourth-order valence-electron chi connectivity index (χ4n) is 4.64. The molecule has 202 valence electrons. The van der Waals surface area contributed by atoms with E-state index in [1.54, 1.807) is 36.4 Å². The van der Waals surface area contributed by atoms with Crippen LogP contribution in [-0.4, -0.2) is 48.7 Å². The Morgan fingerprint density at radius 1 is 0.897 bits per heavy atom. The van der Waals surface area contributed by atoms with Gasteiger partial charge in [-0.05, 0) is 42.3 Å². The van der Waals surface area contributed by atoms with E-state index in [-0.39, 0.29) is 24.5 Å². The number of nitrogens with two attached hydrogens (primary N) is 1. The molecular formula is C28H27F2N5O3S. The van der Waals surface area contributed by atoms with Gasteiger partial charge >= 0.3 is 0 Å². The summed E-state index contributed by atoms with van der Waals surface area (Å²) in [6.07, 6.45) is 1.48. The first-order valence-electron chi connectivity index (χ1n) is 12.3. The number of sulfonamides is 1. The van der Waals surface area contributed by atoms with Crippen LogP contribution in [-0.2, 0) is 15.8 Å². The van der Waals surface area contributed by atoms with Crippen LogP contribution in [0.2, 0.25) is 0 Å². The molecule has 0 radical (unpaired) electrons. The second-order valence-corrected chi connectivity index (χ2v) is 11.5. The van der Waals surface area contributed by atoms with Crippen molar-refractivity contribution >= 4 is 21.4 Å². The molecule has 0 atom stereocenters. The molecule has 2 N–H and O–H groups in total. The van der Waals surface area contributed by atoms with Gasteiger partial charge < -0.3 is 10.6 Å². The summed E-state index contributed by atoms with van der Waals surface area (Å²) in [5.74, 6) is -1.78. The molecule has 11 heteroatoms. The van der Waals surface area contributed by atoms with Crippen LogP contribution in [0.5, 0.6) is 0 Å². The lowest BCUT2D eigenvalue weighted by Gasteiger charge is -2.36. The molecule has 1 aliphatic heterocycles. The van der Waals surface area contributed by atoms with Gasteiger partial charge in [-0.2, -0.15) is 14.1 Å². The smallest absolute Gasteiger partial charge is 0.281 e. The molecule has 8 nitrogen and oxygen atoms in total. The molecule has 2 heterocycles. The molecule has 1 aromatic heterocycles. The van der Waals surface area contributed by atoms with Crippen LogP contribution in [0.15, 0.2) is 77.7 Å². The van der Waals surface area contributed by atoms with Gasteiger partial charge in [0.1, 0.15) is 11.6 Å². The van der Waals surface area contributed by atoms with E-state index < -0.39 is 27.2 Å². The van der Waals surface area contributed by atoms with Crippen molar-refractivity contribution in [2.45, 2.75) is 12.7 Å². The van der Waals surface area contributed by atoms with Crippen molar-refractivity contribution in [3.05, 3.63) is 106 Å². The lowest BCUT2D eigenvalue weighted by molar-refractivity contribution is 0.384. The predicted molar refractivity (Wildman–Crippen MR) is 147 cm³/mol. The monoisotopic (exact) mass is 551 g/mol. The lowest BCUT2D eigenvalue weighted by Crippen LogP contribution is -2.49. The molecule has 1 aliphatic rings. The summed E-state index contributed by atoms with van der Waals surface area (Å²) in [5.41, 5.74) is 8.79. The standard InChI is InChI=1S/C28H27F2N5O3S/c1-19-2-6-21(7-3-19)27-26(17-32-35(28(27)36)25-15-22(29)14-23(30)16-25)33-10-12-34(13-11-33)39(37,38)18-20-4-8-24(31)9-5-20/h2-9,14-17H,10-13,18,31H2,1H3. The topological polar surface area (TPSA) is 102 Å². The molecule has 0 unspecified atom stereocenters. The molecule has 3 aromatic carbocycles. The molecule has 0 aliphatic carbocycles. The van der Waals surface area contributed by atoms with Gasteiger partial charge in [-0.15, -0.1) is 0 Å². The Bertz CT molecular complexity index is 1650. The van der Waals surface area contributed by atoms with E-state index in [1.807, 2.05) is 24.0 Å². The Hall–Kier alpha value is -4.09. The number of rotatable bonds is 6. The summed E-state index contributed by atoms with van der Waals surface area (Å²) in [4.78, 5) is 15.6. The highest BCUT2D eigenvalue weighted by Crippen LogP contribution is 2.29. The van der Waals surface area contributed by atoms with Crippen molar-refractivity contribution in [1.29, 1.82) is 0 Å². The van der Waals surface area contributed by atoms with Crippen molar-refractivity contribution < 1.29 is 17.2 Å². The van der Waals surface area contributed by atoms with Gasteiger partial charge in [0, 0.05) is 37.9 Å². The summed E-state index contributed by atoms with van der Waals surface area (Å²) in [5, 5.41) is 4.23. The molecule has 39 heavy (non-hydrogen) atoms. The van der Waals surface area contributed by atoms with Crippen LogP contribution in [0.4, 0.5) is 20.2 Å². The number of nitrogens with zero attached hydrogens (tertiary/aromatic N) is 4. The number of halogens is 2. The number of piperazine rings is 1. The first kappa shape index (κ1) is 26.5. The molecular weight excluding hydrogens is 524 g/mol. The third-order valence-electron chi connectivity index (χ3n) is 6.69. The Balaban J connectivity index is 1.46. The van der Waals surface area contributed by atoms with Crippen LogP contribution in [0, 0.1) is 18.6 Å². The van der Waals surface area contributed by atoms with Gasteiger partial charge in [0.15, 0.2) is 0 Å².